The predicted octanol–water partition coefficient (Wildman–Crippen LogP) is 29.4. The Kier molecular flexibility index (Phi) is 15.5. The minimum Gasteiger partial charge on any atom is -0.455 e. The maximum Gasteiger partial charge on any atom is 0.235 e. The molecule has 18 aromatic carbocycles. The quantitative estimate of drug-likeness (QED) is 0.135. The van der Waals surface area contributed by atoms with Crippen LogP contribution in [0.3, 0.4) is 0 Å². The number of aromatic nitrogens is 8. The van der Waals surface area contributed by atoms with E-state index in [1.807, 2.05) is 24.3 Å². The molecule has 0 bridgehead atoms. The zero-order valence-corrected chi connectivity index (χ0v) is 65.7. The molecule has 0 radical (unpaired) electrons. The first kappa shape index (κ1) is 68.6. The highest BCUT2D eigenvalue weighted by atomic mass is 16.3. The number of hydrogen-bond donors (Lipinski definition) is 0. The van der Waals surface area contributed by atoms with E-state index in [1.54, 1.807) is 0 Å². The van der Waals surface area contributed by atoms with E-state index < -0.39 is 0 Å². The molecule has 0 atom stereocenters. The number of hydrogen-bond acceptors (Lipinski definition) is 6. The summed E-state index contributed by atoms with van der Waals surface area (Å²) in [7, 11) is 0. The van der Waals surface area contributed by atoms with Crippen LogP contribution in [-0.2, 0) is 0 Å². The molecular formula is C112H68N8O2. The maximum atomic E-state index is 6.78. The molecule has 0 fully saturated rings. The van der Waals surface area contributed by atoms with Crippen LogP contribution in [0.4, 0.5) is 0 Å². The average Bonchev–Trinajstić information content (AvgIpc) is 1.53. The fourth-order valence-corrected chi connectivity index (χ4v) is 19.2. The second-order valence-electron chi connectivity index (χ2n) is 31.5. The zero-order chi connectivity index (χ0) is 80.0. The van der Waals surface area contributed by atoms with Crippen LogP contribution in [0.25, 0.3) is 243 Å². The molecule has 8 heterocycles. The maximum absolute atomic E-state index is 6.78. The molecule has 0 saturated heterocycles. The van der Waals surface area contributed by atoms with E-state index in [2.05, 4.69) is 407 Å². The highest BCUT2D eigenvalue weighted by Gasteiger charge is 2.29. The molecule has 0 saturated carbocycles. The molecule has 0 aliphatic heterocycles. The van der Waals surface area contributed by atoms with E-state index in [1.165, 1.54) is 33.0 Å². The topological polar surface area (TPSA) is 97.6 Å². The first-order valence-electron chi connectivity index (χ1n) is 41.3. The summed E-state index contributed by atoms with van der Waals surface area (Å²) in [6.45, 7) is 0. The average molecular weight is 1560 g/mol. The van der Waals surface area contributed by atoms with Gasteiger partial charge in [0.15, 0.2) is 5.82 Å². The predicted molar refractivity (Wildman–Crippen MR) is 504 cm³/mol. The summed E-state index contributed by atoms with van der Waals surface area (Å²) >= 11 is 0. The van der Waals surface area contributed by atoms with E-state index in [0.717, 1.165) is 198 Å². The molecule has 10 nitrogen and oxygen atoms in total. The Balaban J connectivity index is 0.000000134. The van der Waals surface area contributed by atoms with Crippen molar-refractivity contribution in [2.75, 3.05) is 0 Å². The van der Waals surface area contributed by atoms with Crippen LogP contribution in [0.5, 0.6) is 0 Å². The summed E-state index contributed by atoms with van der Waals surface area (Å²) in [6.07, 6.45) is 0. The van der Waals surface area contributed by atoms with Crippen LogP contribution < -0.4 is 0 Å². The Bertz CT molecular complexity index is 8760. The molecule has 26 rings (SSSR count). The molecule has 0 aliphatic rings. The van der Waals surface area contributed by atoms with E-state index in [4.69, 9.17) is 28.8 Å². The molecule has 0 unspecified atom stereocenters. The van der Waals surface area contributed by atoms with Crippen LogP contribution in [0.2, 0.25) is 0 Å². The second-order valence-corrected chi connectivity index (χ2v) is 31.5. The highest BCUT2D eigenvalue weighted by molar-refractivity contribution is 6.33. The summed E-state index contributed by atoms with van der Waals surface area (Å²) in [5.41, 5.74) is 29.2. The van der Waals surface area contributed by atoms with Gasteiger partial charge in [-0.15, -0.1) is 0 Å². The van der Waals surface area contributed by atoms with Crippen LogP contribution in [0.15, 0.2) is 421 Å². The van der Waals surface area contributed by atoms with Crippen molar-refractivity contribution in [1.82, 2.24) is 38.2 Å². The summed E-state index contributed by atoms with van der Waals surface area (Å²) in [5.74, 6) is 1.32. The van der Waals surface area contributed by atoms with Crippen molar-refractivity contribution in [3.8, 4) is 90.3 Å². The fraction of sp³-hybridized carbons (Fsp3) is 0. The third-order valence-corrected chi connectivity index (χ3v) is 24.6. The SMILES string of the molecule is c1ccc(-c2ccc(-c3nc(-n4c5ccccc5c5c4ccc4c6c7oc8ccccc8c7ccc6n(-c6cccc(-c7ccccc7)c6)c45)nc4ccccc34)cc2)cc1.c1ccc(-c2cccc(-n3c4ccc5c6ccccc6oc5c4c4ccc5c(c6ccccc6n5-c5cccc(-c6nc(-c7ccccc7)c7ccccc7n6)c5)c43)c2)cc1. The third-order valence-electron chi connectivity index (χ3n) is 24.6. The Morgan fingerprint density at radius 2 is 0.533 bits per heavy atom. The van der Waals surface area contributed by atoms with Gasteiger partial charge in [0.25, 0.3) is 0 Å². The van der Waals surface area contributed by atoms with Gasteiger partial charge < -0.3 is 22.5 Å². The van der Waals surface area contributed by atoms with Crippen LogP contribution in [-0.4, -0.2) is 38.2 Å². The lowest BCUT2D eigenvalue weighted by atomic mass is 10.0. The minimum atomic E-state index is 0.625. The van der Waals surface area contributed by atoms with Gasteiger partial charge in [-0.2, -0.15) is 0 Å². The number of rotatable bonds is 10. The van der Waals surface area contributed by atoms with Gasteiger partial charge in [-0.3, -0.25) is 4.57 Å². The third kappa shape index (κ3) is 10.8. The Hall–Kier alpha value is -16.6. The Morgan fingerprint density at radius 3 is 1.05 bits per heavy atom. The Labute approximate surface area is 698 Å². The van der Waals surface area contributed by atoms with Gasteiger partial charge in [0.05, 0.1) is 77.3 Å². The van der Waals surface area contributed by atoms with Gasteiger partial charge in [-0.05, 0) is 155 Å². The monoisotopic (exact) mass is 1560 g/mol. The number of fused-ring (bicyclic) bond motifs is 24. The molecule has 10 heteroatoms. The van der Waals surface area contributed by atoms with Crippen LogP contribution in [0.1, 0.15) is 0 Å². The summed E-state index contributed by atoms with van der Waals surface area (Å²) in [6, 6.07) is 146. The lowest BCUT2D eigenvalue weighted by Gasteiger charge is -2.13. The molecule has 8 aromatic heterocycles. The van der Waals surface area contributed by atoms with E-state index in [9.17, 15) is 0 Å². The van der Waals surface area contributed by atoms with E-state index in [-0.39, 0.29) is 0 Å². The molecular weight excluding hydrogens is 1490 g/mol. The fourth-order valence-electron chi connectivity index (χ4n) is 19.2. The molecule has 0 N–H and O–H groups in total. The number of para-hydroxylation sites is 6. The summed E-state index contributed by atoms with van der Waals surface area (Å²) in [4.78, 5) is 21.1. The first-order chi connectivity index (χ1) is 60.5. The molecule has 0 spiro atoms. The van der Waals surface area contributed by atoms with E-state index in [0.29, 0.717) is 11.8 Å². The number of benzene rings is 18. The van der Waals surface area contributed by atoms with Crippen LogP contribution >= 0.6 is 0 Å². The molecule has 122 heavy (non-hydrogen) atoms. The molecule has 568 valence electrons. The van der Waals surface area contributed by atoms with Gasteiger partial charge in [0, 0.05) is 98.4 Å². The van der Waals surface area contributed by atoms with Gasteiger partial charge in [0.2, 0.25) is 5.95 Å². The van der Waals surface area contributed by atoms with Gasteiger partial charge in [-0.1, -0.05) is 291 Å². The zero-order valence-electron chi connectivity index (χ0n) is 65.7. The summed E-state index contributed by atoms with van der Waals surface area (Å²) < 4.78 is 23.1. The highest BCUT2D eigenvalue weighted by Crippen LogP contribution is 2.50. The number of nitrogens with zero attached hydrogens (tertiary/aromatic N) is 8. The largest absolute Gasteiger partial charge is 0.455 e. The van der Waals surface area contributed by atoms with Crippen molar-refractivity contribution in [2.45, 2.75) is 0 Å². The van der Waals surface area contributed by atoms with Crippen molar-refractivity contribution >= 4 is 153 Å². The van der Waals surface area contributed by atoms with Crippen molar-refractivity contribution < 1.29 is 8.83 Å². The normalized spacial score (nSPS) is 11.9. The number of furan rings is 2. The van der Waals surface area contributed by atoms with E-state index >= 15 is 0 Å². The first-order valence-corrected chi connectivity index (χ1v) is 41.3. The lowest BCUT2D eigenvalue weighted by Crippen LogP contribution is -2.03. The van der Waals surface area contributed by atoms with Crippen molar-refractivity contribution in [3.05, 3.63) is 413 Å². The van der Waals surface area contributed by atoms with Crippen molar-refractivity contribution in [3.63, 3.8) is 0 Å². The second kappa shape index (κ2) is 27.5. The smallest absolute Gasteiger partial charge is 0.235 e. The van der Waals surface area contributed by atoms with Gasteiger partial charge in [0.1, 0.15) is 22.3 Å². The van der Waals surface area contributed by atoms with Crippen molar-refractivity contribution in [1.29, 1.82) is 0 Å². The Morgan fingerprint density at radius 1 is 0.189 bits per heavy atom. The van der Waals surface area contributed by atoms with Crippen LogP contribution in [0, 0.1) is 0 Å². The molecule has 0 amide bonds. The van der Waals surface area contributed by atoms with Crippen molar-refractivity contribution in [2.24, 2.45) is 0 Å². The minimum absolute atomic E-state index is 0.625. The lowest BCUT2D eigenvalue weighted by molar-refractivity contribution is 0.672. The standard InChI is InChI=1S/2C56H34N4O/c1-3-15-35(16-4-1)37-19-13-22-40(33-37)60-49-31-29-42-41-23-9-12-28-50(41)61-55(42)52(49)45-30-32-48-51(54(45)60)44-25-8-11-27-47(44)59(48)39-21-14-20-38(34-39)56-57-46-26-10-7-24-43(46)53(58-56)36-17-5-2-6-18-36;1-3-14-35(15-4-1)37-26-28-38(29-27-37)53-43-21-7-10-23-46(43)57-56(58-53)60-47-24-11-8-22-44(47)51-48(60)33-31-45-52-49(32-30-42-41-20-9-12-25-50(41)61-55(42)52)59(54(45)51)40-19-13-18-39(34-40)36-16-5-2-6-17-36/h2*1-34H. The van der Waals surface area contributed by atoms with Gasteiger partial charge in [-0.25, -0.2) is 19.9 Å². The molecule has 0 aliphatic carbocycles. The molecule has 26 aromatic rings. The van der Waals surface area contributed by atoms with Gasteiger partial charge >= 0.3 is 0 Å². The summed E-state index contributed by atoms with van der Waals surface area (Å²) in [5, 5.41) is 15.6.